The molecule has 1 atom stereocenters. The van der Waals surface area contributed by atoms with Crippen LogP contribution < -0.4 is 0 Å². The molecule has 8 heteroatoms. The highest BCUT2D eigenvalue weighted by Crippen LogP contribution is 2.39. The summed E-state index contributed by atoms with van der Waals surface area (Å²) in [5.41, 5.74) is 2.72. The fraction of sp³-hybridized carbons (Fsp3) is 0.130. The topological polar surface area (TPSA) is 34.9 Å². The predicted molar refractivity (Wildman–Crippen MR) is 127 cm³/mol. The fourth-order valence-electron chi connectivity index (χ4n) is 3.21. The van der Waals surface area contributed by atoms with Crippen LogP contribution in [0.5, 0.6) is 0 Å². The zero-order valence-corrected chi connectivity index (χ0v) is 19.3. The van der Waals surface area contributed by atoms with E-state index in [2.05, 4.69) is 4.98 Å². The van der Waals surface area contributed by atoms with Crippen LogP contribution in [0.15, 0.2) is 72.6 Å². The summed E-state index contributed by atoms with van der Waals surface area (Å²) in [4.78, 5) is 18.1. The van der Waals surface area contributed by atoms with Crippen molar-refractivity contribution in [2.24, 2.45) is 0 Å². The van der Waals surface area contributed by atoms with Crippen LogP contribution >= 0.6 is 46.3 Å². The summed E-state index contributed by atoms with van der Waals surface area (Å²) in [7, 11) is 0. The summed E-state index contributed by atoms with van der Waals surface area (Å²) in [6.45, 7) is 0.538. The van der Waals surface area contributed by atoms with Gasteiger partial charge >= 0.3 is 0 Å². The highest BCUT2D eigenvalue weighted by molar-refractivity contribution is 8.14. The molecule has 158 valence electrons. The van der Waals surface area contributed by atoms with Crippen molar-refractivity contribution in [2.75, 3.05) is 0 Å². The van der Waals surface area contributed by atoms with Gasteiger partial charge in [-0.2, -0.15) is 0 Å². The molecule has 3 nitrogen and oxygen atoms in total. The van der Waals surface area contributed by atoms with E-state index in [0.717, 1.165) is 16.7 Å². The first-order valence-corrected chi connectivity index (χ1v) is 11.9. The van der Waals surface area contributed by atoms with Crippen molar-refractivity contribution in [1.82, 2.24) is 9.55 Å². The first kappa shape index (κ1) is 22.1. The largest absolute Gasteiger partial charge is 0.336 e. The molecule has 0 saturated carbocycles. The highest BCUT2D eigenvalue weighted by Gasteiger charge is 2.23. The van der Waals surface area contributed by atoms with E-state index in [1.165, 1.54) is 35.2 Å². The molecule has 0 N–H and O–H groups in total. The Hall–Kier alpha value is -2.12. The number of halogens is 3. The minimum atomic E-state index is -0.275. The van der Waals surface area contributed by atoms with E-state index in [9.17, 15) is 9.18 Å². The first-order valence-electron chi connectivity index (χ1n) is 9.42. The average molecular weight is 491 g/mol. The molecule has 2 aromatic heterocycles. The molecule has 0 saturated heterocycles. The third kappa shape index (κ3) is 5.57. The second-order valence-corrected chi connectivity index (χ2v) is 9.83. The lowest BCUT2D eigenvalue weighted by Gasteiger charge is -2.18. The Labute approximate surface area is 197 Å². The average Bonchev–Trinajstić information content (AvgIpc) is 3.41. The van der Waals surface area contributed by atoms with Gasteiger partial charge in [0.1, 0.15) is 5.82 Å². The zero-order valence-electron chi connectivity index (χ0n) is 16.2. The first-order chi connectivity index (χ1) is 15.0. The molecule has 0 amide bonds. The maximum atomic E-state index is 13.3. The van der Waals surface area contributed by atoms with E-state index >= 15 is 0 Å². The van der Waals surface area contributed by atoms with Gasteiger partial charge < -0.3 is 4.57 Å². The predicted octanol–water partition coefficient (Wildman–Crippen LogP) is 7.30. The zero-order chi connectivity index (χ0) is 21.8. The molecule has 0 aliphatic carbocycles. The number of carbonyl (C=O) groups excluding carboxylic acids is 1. The number of thioether (sulfide) groups is 1. The molecular weight excluding hydrogens is 474 g/mol. The van der Waals surface area contributed by atoms with Gasteiger partial charge in [0.25, 0.3) is 0 Å². The van der Waals surface area contributed by atoms with Crippen LogP contribution in [0.4, 0.5) is 4.39 Å². The van der Waals surface area contributed by atoms with E-state index in [1.54, 1.807) is 36.8 Å². The normalized spacial score (nSPS) is 12.1. The van der Waals surface area contributed by atoms with E-state index in [1.807, 2.05) is 28.3 Å². The molecule has 4 aromatic rings. The minimum Gasteiger partial charge on any atom is -0.336 e. The molecule has 1 unspecified atom stereocenters. The van der Waals surface area contributed by atoms with Crippen molar-refractivity contribution in [2.45, 2.75) is 18.2 Å². The van der Waals surface area contributed by atoms with Gasteiger partial charge in [0, 0.05) is 29.0 Å². The summed E-state index contributed by atoms with van der Waals surface area (Å²) in [5, 5.41) is 2.74. The van der Waals surface area contributed by atoms with E-state index in [4.69, 9.17) is 23.2 Å². The number of imidazole rings is 1. The van der Waals surface area contributed by atoms with Crippen LogP contribution in [0.1, 0.15) is 31.6 Å². The second kappa shape index (κ2) is 10.0. The summed E-state index contributed by atoms with van der Waals surface area (Å²) >= 11 is 15.2. The van der Waals surface area contributed by atoms with Gasteiger partial charge in [-0.25, -0.2) is 9.37 Å². The quantitative estimate of drug-likeness (QED) is 0.272. The second-order valence-electron chi connectivity index (χ2n) is 6.90. The molecular formula is C23H17Cl2FN2OS2. The van der Waals surface area contributed by atoms with Gasteiger partial charge in [-0.1, -0.05) is 53.2 Å². The lowest BCUT2D eigenvalue weighted by atomic mass is 10.1. The molecule has 31 heavy (non-hydrogen) atoms. The maximum absolute atomic E-state index is 13.3. The van der Waals surface area contributed by atoms with Crippen LogP contribution in [-0.2, 0) is 13.0 Å². The third-order valence-corrected chi connectivity index (χ3v) is 7.49. The van der Waals surface area contributed by atoms with Crippen LogP contribution in [0.3, 0.4) is 0 Å². The molecule has 0 aliphatic rings. The minimum absolute atomic E-state index is 0.0248. The number of aromatic nitrogens is 2. The molecule has 0 radical (unpaired) electrons. The smallest absolute Gasteiger partial charge is 0.230 e. The Morgan fingerprint density at radius 2 is 1.97 bits per heavy atom. The van der Waals surface area contributed by atoms with Crippen LogP contribution in [0.2, 0.25) is 10.0 Å². The summed E-state index contributed by atoms with van der Waals surface area (Å²) in [5.74, 6) is -0.275. The summed E-state index contributed by atoms with van der Waals surface area (Å²) < 4.78 is 15.1. The van der Waals surface area contributed by atoms with Gasteiger partial charge in [-0.3, -0.25) is 4.79 Å². The van der Waals surface area contributed by atoms with Gasteiger partial charge in [0.05, 0.1) is 16.5 Å². The van der Waals surface area contributed by atoms with Crippen molar-refractivity contribution in [3.05, 3.63) is 110 Å². The molecule has 0 spiro atoms. The maximum Gasteiger partial charge on any atom is 0.230 e. The van der Waals surface area contributed by atoms with E-state index in [-0.39, 0.29) is 16.2 Å². The van der Waals surface area contributed by atoms with E-state index < -0.39 is 0 Å². The van der Waals surface area contributed by atoms with E-state index in [0.29, 0.717) is 27.9 Å². The number of hydrogen-bond donors (Lipinski definition) is 0. The number of carbonyl (C=O) groups is 1. The Kier molecular flexibility index (Phi) is 7.13. The van der Waals surface area contributed by atoms with Crippen LogP contribution in [0.25, 0.3) is 0 Å². The SMILES string of the molecule is O=C(SC(Cn1ccnc1)c1ccc(Cl)cc1Cl)c1sccc1Cc1ccc(F)cc1. The van der Waals surface area contributed by atoms with Gasteiger partial charge in [0.15, 0.2) is 0 Å². The molecule has 4 rings (SSSR count). The molecule has 2 heterocycles. The van der Waals surface area contributed by atoms with Gasteiger partial charge in [-0.05, 0) is 58.8 Å². The molecule has 0 aliphatic heterocycles. The third-order valence-electron chi connectivity index (χ3n) is 4.73. The van der Waals surface area contributed by atoms with Gasteiger partial charge in [-0.15, -0.1) is 11.3 Å². The van der Waals surface area contributed by atoms with Crippen molar-refractivity contribution in [3.8, 4) is 0 Å². The Morgan fingerprint density at radius 1 is 1.16 bits per heavy atom. The monoisotopic (exact) mass is 490 g/mol. The summed E-state index contributed by atoms with van der Waals surface area (Å²) in [6.07, 6.45) is 5.84. The number of benzene rings is 2. The number of thiophene rings is 1. The van der Waals surface area contributed by atoms with Crippen molar-refractivity contribution in [1.29, 1.82) is 0 Å². The Bertz CT molecular complexity index is 1180. The van der Waals surface area contributed by atoms with Crippen molar-refractivity contribution in [3.63, 3.8) is 0 Å². The Balaban J connectivity index is 1.58. The van der Waals surface area contributed by atoms with Gasteiger partial charge in [0.2, 0.25) is 5.12 Å². The van der Waals surface area contributed by atoms with Crippen LogP contribution in [-0.4, -0.2) is 14.7 Å². The van der Waals surface area contributed by atoms with Crippen molar-refractivity contribution >= 4 is 51.4 Å². The fourth-order valence-corrected chi connectivity index (χ4v) is 5.93. The summed E-state index contributed by atoms with van der Waals surface area (Å²) in [6, 6.07) is 13.6. The number of nitrogens with zero attached hydrogens (tertiary/aromatic N) is 2. The lowest BCUT2D eigenvalue weighted by Crippen LogP contribution is -2.09. The highest BCUT2D eigenvalue weighted by atomic mass is 35.5. The molecule has 2 aromatic carbocycles. The number of hydrogen-bond acceptors (Lipinski definition) is 4. The molecule has 0 fully saturated rings. The molecule has 0 bridgehead atoms. The van der Waals surface area contributed by atoms with Crippen LogP contribution in [0, 0.1) is 5.82 Å². The number of rotatable bonds is 7. The Morgan fingerprint density at radius 3 is 2.68 bits per heavy atom. The van der Waals surface area contributed by atoms with Crippen molar-refractivity contribution < 1.29 is 9.18 Å². The lowest BCUT2D eigenvalue weighted by molar-refractivity contribution is 0.109. The standard InChI is InChI=1S/C23H17Cl2FN2OS2/c24-17-3-6-19(20(25)12-17)21(13-28-9-8-27-14-28)31-23(29)22-16(7-10-30-22)11-15-1-4-18(26)5-2-15/h1-10,12,14,21H,11,13H2.